The third-order valence-corrected chi connectivity index (χ3v) is 3.31. The lowest BCUT2D eigenvalue weighted by Gasteiger charge is -2.27. The minimum Gasteiger partial charge on any atom is -0.310 e. The number of hydrogen-bond donors (Lipinski definition) is 1. The maximum atomic E-state index is 3.58. The normalized spacial score (nSPS) is 30.4. The van der Waals surface area contributed by atoms with Gasteiger partial charge in [-0.1, -0.05) is 6.92 Å². The van der Waals surface area contributed by atoms with Gasteiger partial charge in [0.2, 0.25) is 0 Å². The SMILES string of the molecule is CC1CCC(c2ccsc2)NC1. The summed E-state index contributed by atoms with van der Waals surface area (Å²) in [7, 11) is 0. The van der Waals surface area contributed by atoms with E-state index >= 15 is 0 Å². The summed E-state index contributed by atoms with van der Waals surface area (Å²) in [6.45, 7) is 3.50. The first kappa shape index (κ1) is 8.27. The zero-order chi connectivity index (χ0) is 8.39. The summed E-state index contributed by atoms with van der Waals surface area (Å²) >= 11 is 1.79. The van der Waals surface area contributed by atoms with E-state index in [-0.39, 0.29) is 0 Å². The Morgan fingerprint density at radius 2 is 2.42 bits per heavy atom. The topological polar surface area (TPSA) is 12.0 Å². The van der Waals surface area contributed by atoms with Crippen LogP contribution < -0.4 is 5.32 Å². The summed E-state index contributed by atoms with van der Waals surface area (Å²) in [6, 6.07) is 2.87. The second-order valence-electron chi connectivity index (χ2n) is 3.70. The van der Waals surface area contributed by atoms with Crippen molar-refractivity contribution < 1.29 is 0 Å². The van der Waals surface area contributed by atoms with Gasteiger partial charge in [0.05, 0.1) is 0 Å². The number of nitrogens with one attached hydrogen (secondary N) is 1. The van der Waals surface area contributed by atoms with Gasteiger partial charge in [-0.2, -0.15) is 11.3 Å². The molecule has 2 rings (SSSR count). The highest BCUT2D eigenvalue weighted by atomic mass is 32.1. The van der Waals surface area contributed by atoms with Crippen LogP contribution in [-0.2, 0) is 0 Å². The Labute approximate surface area is 77.8 Å². The molecule has 1 N–H and O–H groups in total. The second-order valence-corrected chi connectivity index (χ2v) is 4.48. The third-order valence-electron chi connectivity index (χ3n) is 2.61. The fraction of sp³-hybridized carbons (Fsp3) is 0.600. The molecule has 0 aromatic carbocycles. The quantitative estimate of drug-likeness (QED) is 0.702. The van der Waals surface area contributed by atoms with E-state index in [0.29, 0.717) is 6.04 Å². The Morgan fingerprint density at radius 1 is 1.50 bits per heavy atom. The van der Waals surface area contributed by atoms with Crippen molar-refractivity contribution in [3.63, 3.8) is 0 Å². The molecule has 1 fully saturated rings. The number of piperidine rings is 1. The predicted octanol–water partition coefficient (Wildman–Crippen LogP) is 2.81. The van der Waals surface area contributed by atoms with E-state index in [1.54, 1.807) is 11.3 Å². The first-order valence-corrected chi connectivity index (χ1v) is 5.56. The van der Waals surface area contributed by atoms with Gasteiger partial charge < -0.3 is 5.32 Å². The summed E-state index contributed by atoms with van der Waals surface area (Å²) in [5.74, 6) is 0.861. The maximum absolute atomic E-state index is 3.58. The van der Waals surface area contributed by atoms with E-state index < -0.39 is 0 Å². The van der Waals surface area contributed by atoms with Crippen molar-refractivity contribution in [3.05, 3.63) is 22.4 Å². The van der Waals surface area contributed by atoms with Gasteiger partial charge in [0.15, 0.2) is 0 Å². The average Bonchev–Trinajstić information content (AvgIpc) is 2.58. The van der Waals surface area contributed by atoms with Gasteiger partial charge >= 0.3 is 0 Å². The Kier molecular flexibility index (Phi) is 2.47. The van der Waals surface area contributed by atoms with Crippen LogP contribution in [0.4, 0.5) is 0 Å². The van der Waals surface area contributed by atoms with Crippen LogP contribution in [-0.4, -0.2) is 6.54 Å². The Morgan fingerprint density at radius 3 is 3.00 bits per heavy atom. The standard InChI is InChI=1S/C10H15NS/c1-8-2-3-10(11-6-8)9-4-5-12-7-9/h4-5,7-8,10-11H,2-3,6H2,1H3. The molecule has 1 aromatic rings. The summed E-state index contributed by atoms with van der Waals surface area (Å²) in [5.41, 5.74) is 1.48. The Balaban J connectivity index is 1.99. The molecule has 66 valence electrons. The molecular weight excluding hydrogens is 166 g/mol. The molecule has 0 aliphatic carbocycles. The van der Waals surface area contributed by atoms with Crippen LogP contribution in [0, 0.1) is 5.92 Å². The van der Waals surface area contributed by atoms with E-state index in [1.807, 2.05) is 0 Å². The Hall–Kier alpha value is -0.340. The van der Waals surface area contributed by atoms with Crippen molar-refractivity contribution in [1.29, 1.82) is 0 Å². The maximum Gasteiger partial charge on any atom is 0.0328 e. The molecule has 2 heterocycles. The summed E-state index contributed by atoms with van der Waals surface area (Å²) in [5, 5.41) is 8.00. The molecule has 0 bridgehead atoms. The highest BCUT2D eigenvalue weighted by Crippen LogP contribution is 2.26. The molecule has 1 nitrogen and oxygen atoms in total. The molecule has 1 aromatic heterocycles. The van der Waals surface area contributed by atoms with Crippen molar-refractivity contribution in [2.45, 2.75) is 25.8 Å². The first-order chi connectivity index (χ1) is 5.86. The molecule has 0 spiro atoms. The highest BCUT2D eigenvalue weighted by Gasteiger charge is 2.18. The van der Waals surface area contributed by atoms with Gasteiger partial charge in [-0.15, -0.1) is 0 Å². The van der Waals surface area contributed by atoms with E-state index in [4.69, 9.17) is 0 Å². The van der Waals surface area contributed by atoms with Crippen molar-refractivity contribution in [1.82, 2.24) is 5.32 Å². The van der Waals surface area contributed by atoms with Crippen LogP contribution in [0.1, 0.15) is 31.4 Å². The molecule has 0 saturated carbocycles. The zero-order valence-corrected chi connectivity index (χ0v) is 8.23. The molecule has 1 aliphatic rings. The average molecular weight is 181 g/mol. The van der Waals surface area contributed by atoms with Crippen LogP contribution >= 0.6 is 11.3 Å². The molecule has 2 unspecified atom stereocenters. The second kappa shape index (κ2) is 3.58. The predicted molar refractivity (Wildman–Crippen MR) is 53.5 cm³/mol. The fourth-order valence-corrected chi connectivity index (χ4v) is 2.47. The van der Waals surface area contributed by atoms with Crippen molar-refractivity contribution in [2.24, 2.45) is 5.92 Å². The van der Waals surface area contributed by atoms with E-state index in [2.05, 4.69) is 29.1 Å². The number of thiophene rings is 1. The molecule has 0 amide bonds. The van der Waals surface area contributed by atoms with E-state index in [0.717, 1.165) is 5.92 Å². The summed E-state index contributed by atoms with van der Waals surface area (Å²) < 4.78 is 0. The molecule has 12 heavy (non-hydrogen) atoms. The van der Waals surface area contributed by atoms with E-state index in [1.165, 1.54) is 24.9 Å². The lowest BCUT2D eigenvalue weighted by Crippen LogP contribution is -2.31. The molecule has 1 saturated heterocycles. The number of hydrogen-bond acceptors (Lipinski definition) is 2. The van der Waals surface area contributed by atoms with Gasteiger partial charge in [0, 0.05) is 6.04 Å². The Bertz CT molecular complexity index is 222. The van der Waals surface area contributed by atoms with Gasteiger partial charge in [-0.3, -0.25) is 0 Å². The molecule has 0 radical (unpaired) electrons. The largest absolute Gasteiger partial charge is 0.310 e. The smallest absolute Gasteiger partial charge is 0.0328 e. The first-order valence-electron chi connectivity index (χ1n) is 4.62. The molecular formula is C10H15NS. The van der Waals surface area contributed by atoms with Crippen LogP contribution in [0.3, 0.4) is 0 Å². The van der Waals surface area contributed by atoms with Gasteiger partial charge in [0.25, 0.3) is 0 Å². The molecule has 1 aliphatic heterocycles. The monoisotopic (exact) mass is 181 g/mol. The lowest BCUT2D eigenvalue weighted by atomic mass is 9.93. The van der Waals surface area contributed by atoms with Crippen molar-refractivity contribution in [2.75, 3.05) is 6.54 Å². The highest BCUT2D eigenvalue weighted by molar-refractivity contribution is 7.07. The molecule has 2 heteroatoms. The van der Waals surface area contributed by atoms with Crippen LogP contribution in [0.5, 0.6) is 0 Å². The lowest BCUT2D eigenvalue weighted by molar-refractivity contribution is 0.333. The summed E-state index contributed by atoms with van der Waals surface area (Å²) in [6.07, 6.45) is 2.67. The van der Waals surface area contributed by atoms with Crippen LogP contribution in [0.15, 0.2) is 16.8 Å². The zero-order valence-electron chi connectivity index (χ0n) is 7.42. The molecule has 2 atom stereocenters. The van der Waals surface area contributed by atoms with Crippen LogP contribution in [0.25, 0.3) is 0 Å². The van der Waals surface area contributed by atoms with Gasteiger partial charge in [-0.05, 0) is 47.7 Å². The fourth-order valence-electron chi connectivity index (χ4n) is 1.76. The summed E-state index contributed by atoms with van der Waals surface area (Å²) in [4.78, 5) is 0. The number of rotatable bonds is 1. The third kappa shape index (κ3) is 1.70. The van der Waals surface area contributed by atoms with Gasteiger partial charge in [-0.25, -0.2) is 0 Å². The minimum absolute atomic E-state index is 0.632. The van der Waals surface area contributed by atoms with Gasteiger partial charge in [0.1, 0.15) is 0 Å². The van der Waals surface area contributed by atoms with Crippen molar-refractivity contribution in [3.8, 4) is 0 Å². The minimum atomic E-state index is 0.632. The van der Waals surface area contributed by atoms with E-state index in [9.17, 15) is 0 Å². The van der Waals surface area contributed by atoms with Crippen LogP contribution in [0.2, 0.25) is 0 Å². The van der Waals surface area contributed by atoms with Crippen molar-refractivity contribution >= 4 is 11.3 Å².